The van der Waals surface area contributed by atoms with Crippen LogP contribution in [0.3, 0.4) is 0 Å². The summed E-state index contributed by atoms with van der Waals surface area (Å²) in [6.07, 6.45) is 28.9. The fourth-order valence-corrected chi connectivity index (χ4v) is 20.6. The van der Waals surface area contributed by atoms with Crippen molar-refractivity contribution in [2.45, 2.75) is 137 Å². The molecule has 610 valence electrons. The van der Waals surface area contributed by atoms with Crippen LogP contribution in [0.15, 0.2) is 241 Å². The lowest BCUT2D eigenvalue weighted by Crippen LogP contribution is -2.41. The topological polar surface area (TPSA) is 143 Å². The molecule has 20 rings (SSSR count). The van der Waals surface area contributed by atoms with Crippen LogP contribution in [-0.2, 0) is 32.1 Å². The normalized spacial score (nSPS) is 23.0. The number of hydrogen-bond donors (Lipinski definition) is 1. The Hall–Kier alpha value is -12.0. The minimum Gasteiger partial charge on any atom is -0.392 e. The van der Waals surface area contributed by atoms with Crippen molar-refractivity contribution in [2.24, 2.45) is 45.3 Å². The number of allylic oxidation sites excluding steroid dienone is 4. The Kier molecular flexibility index (Phi) is 21.8. The molecule has 8 aliphatic rings. The molecule has 8 aliphatic carbocycles. The van der Waals surface area contributed by atoms with Crippen LogP contribution >= 0.6 is 0 Å². The van der Waals surface area contributed by atoms with Gasteiger partial charge in [-0.2, -0.15) is 20.4 Å². The number of ketones is 3. The van der Waals surface area contributed by atoms with E-state index in [9.17, 15) is 54.6 Å². The SMILES string of the molecule is C[C@]12Cc3cnn(-c4ccc(F)cc4)c3C=C1CCC[C@@H]2C(=O)c1ccc(F)cc1.C[C@]12Cc3cnn(-c4ccc(F)cc4)c3C=C1CCC[C@@H]2C(=O)c1ccc(F)cc1F.C[C@]12Cc3cnn(-c4ccc(F)cc4)c3C=C1CCC[C@@H]2C(=O)c1ccccc1F.C[C@]12Cc3cnn(-c4ccc(F)cc4)c3C=C1CC[C@@H]2[C@@H](O)Cc1ccccc1. The highest BCUT2D eigenvalue weighted by molar-refractivity contribution is 6.01. The van der Waals surface area contributed by atoms with Gasteiger partial charge in [-0.3, -0.25) is 14.4 Å². The molecular formula is C100H90F8N8O4. The molecule has 4 aromatic heterocycles. The molecular weight excluding hydrogens is 1530 g/mol. The average molecular weight is 1620 g/mol. The van der Waals surface area contributed by atoms with Crippen LogP contribution in [0.4, 0.5) is 35.1 Å². The first-order valence-corrected chi connectivity index (χ1v) is 41.3. The lowest BCUT2D eigenvalue weighted by Gasteiger charge is -2.45. The number of fused-ring (bicyclic) bond motifs is 8. The fourth-order valence-electron chi connectivity index (χ4n) is 20.6. The number of Topliss-reactive ketones (excluding diaryl/α,β-unsaturated/α-hetero) is 3. The van der Waals surface area contributed by atoms with Crippen LogP contribution in [0.25, 0.3) is 47.1 Å². The van der Waals surface area contributed by atoms with E-state index in [1.54, 1.807) is 89.7 Å². The van der Waals surface area contributed by atoms with Gasteiger partial charge in [0.25, 0.3) is 0 Å². The number of aromatic nitrogens is 8. The second kappa shape index (κ2) is 32.6. The van der Waals surface area contributed by atoms with Gasteiger partial charge in [0.05, 0.1) is 87.5 Å². The van der Waals surface area contributed by atoms with Gasteiger partial charge in [0.15, 0.2) is 17.3 Å². The Labute approximate surface area is 691 Å². The number of halogens is 8. The Bertz CT molecular complexity index is 6040. The summed E-state index contributed by atoms with van der Waals surface area (Å²) in [5, 5.41) is 29.2. The molecule has 20 heteroatoms. The number of carbonyl (C=O) groups is 3. The molecule has 0 unspecified atom stereocenters. The van der Waals surface area contributed by atoms with E-state index in [1.807, 2.05) is 50.8 Å². The third kappa shape index (κ3) is 15.2. The van der Waals surface area contributed by atoms with Gasteiger partial charge in [-0.25, -0.2) is 53.9 Å². The van der Waals surface area contributed by atoms with Crippen LogP contribution < -0.4 is 0 Å². The van der Waals surface area contributed by atoms with Crippen LogP contribution in [0.2, 0.25) is 0 Å². The minimum atomic E-state index is -0.815. The minimum absolute atomic E-state index is 0.0438. The van der Waals surface area contributed by atoms with Crippen molar-refractivity contribution in [2.75, 3.05) is 0 Å². The molecule has 12 nitrogen and oxygen atoms in total. The molecule has 9 atom stereocenters. The first kappa shape index (κ1) is 80.4. The molecule has 0 bridgehead atoms. The van der Waals surface area contributed by atoms with Crippen molar-refractivity contribution in [3.05, 3.63) is 355 Å². The number of carbonyl (C=O) groups excluding carboxylic acids is 3. The van der Waals surface area contributed by atoms with Gasteiger partial charge in [-0.15, -0.1) is 0 Å². The van der Waals surface area contributed by atoms with E-state index in [1.165, 1.54) is 101 Å². The predicted octanol–water partition coefficient (Wildman–Crippen LogP) is 22.4. The number of hydrogen-bond acceptors (Lipinski definition) is 8. The molecule has 1 N–H and O–H groups in total. The third-order valence-corrected chi connectivity index (χ3v) is 27.1. The van der Waals surface area contributed by atoms with Crippen LogP contribution in [0, 0.1) is 91.9 Å². The van der Waals surface area contributed by atoms with E-state index in [4.69, 9.17) is 0 Å². The predicted molar refractivity (Wildman–Crippen MR) is 446 cm³/mol. The Morgan fingerprint density at radius 3 is 1.07 bits per heavy atom. The Balaban J connectivity index is 0.000000114. The zero-order valence-electron chi connectivity index (χ0n) is 67.1. The van der Waals surface area contributed by atoms with E-state index in [0.29, 0.717) is 31.2 Å². The van der Waals surface area contributed by atoms with Crippen molar-refractivity contribution in [1.29, 1.82) is 0 Å². The largest absolute Gasteiger partial charge is 0.392 e. The van der Waals surface area contributed by atoms with E-state index < -0.39 is 28.8 Å². The smallest absolute Gasteiger partial charge is 0.169 e. The highest BCUT2D eigenvalue weighted by Crippen LogP contribution is 2.58. The monoisotopic (exact) mass is 1620 g/mol. The van der Waals surface area contributed by atoms with E-state index in [0.717, 1.165) is 157 Å². The molecule has 4 fully saturated rings. The van der Waals surface area contributed by atoms with Crippen LogP contribution in [-0.4, -0.2) is 67.7 Å². The molecule has 12 aromatic rings. The van der Waals surface area contributed by atoms with E-state index >= 15 is 0 Å². The summed E-state index contributed by atoms with van der Waals surface area (Å²) in [6, 6.07) is 50.7. The second-order valence-electron chi connectivity index (χ2n) is 34.3. The van der Waals surface area contributed by atoms with Gasteiger partial charge in [-0.05, 0) is 312 Å². The quantitative estimate of drug-likeness (QED) is 0.0888. The average Bonchev–Trinajstić information content (AvgIpc) is 1.70. The van der Waals surface area contributed by atoms with Crippen molar-refractivity contribution >= 4 is 41.7 Å². The molecule has 0 radical (unpaired) electrons. The fraction of sp³-hybridized carbons (Fsp3) is 0.290. The third-order valence-electron chi connectivity index (χ3n) is 27.1. The zero-order chi connectivity index (χ0) is 83.5. The lowest BCUT2D eigenvalue weighted by atomic mass is 9.58. The number of rotatable bonds is 13. The van der Waals surface area contributed by atoms with Gasteiger partial charge in [0.2, 0.25) is 0 Å². The maximum atomic E-state index is 14.3. The summed E-state index contributed by atoms with van der Waals surface area (Å²) < 4.78 is 116. The molecule has 0 amide bonds. The maximum Gasteiger partial charge on any atom is 0.169 e. The highest BCUT2D eigenvalue weighted by atomic mass is 19.2. The summed E-state index contributed by atoms with van der Waals surface area (Å²) >= 11 is 0. The summed E-state index contributed by atoms with van der Waals surface area (Å²) in [7, 11) is 0. The van der Waals surface area contributed by atoms with Crippen LogP contribution in [0.5, 0.6) is 0 Å². The highest BCUT2D eigenvalue weighted by Gasteiger charge is 2.52. The Morgan fingerprint density at radius 1 is 0.367 bits per heavy atom. The number of nitrogens with zero attached hydrogens (tertiary/aromatic N) is 8. The van der Waals surface area contributed by atoms with Crippen molar-refractivity contribution in [3.8, 4) is 22.7 Å². The molecule has 120 heavy (non-hydrogen) atoms. The van der Waals surface area contributed by atoms with Crippen molar-refractivity contribution in [1.82, 2.24) is 39.1 Å². The number of aliphatic hydroxyl groups excluding tert-OH is 1. The number of benzene rings is 8. The van der Waals surface area contributed by atoms with Crippen molar-refractivity contribution in [3.63, 3.8) is 0 Å². The maximum absolute atomic E-state index is 14.3. The standard InChI is InChI=1S/C25H21F3N2O.2C25H22F2N2O.C25H25FN2O/c1-25-13-15-14-29-30(19-8-5-17(26)6-9-19)23(15)11-16(25)3-2-4-21(25)24(31)20-10-7-18(27)12-22(20)28;1-25-14-16-15-28-29(19-11-9-18(26)10-12-19)23(16)13-17(25)5-4-7-21(25)24(30)20-6-2-3-8-22(20)27;1-25-14-17-15-28-29(21-11-9-20(27)10-12-21)23(17)13-18(25)3-2-4-22(25)24(30)16-5-7-19(26)8-6-16;1-25-15-18-16-27-28(21-10-8-20(26)9-11-21)23(18)14-19(25)7-12-22(25)24(29)13-17-5-3-2-4-6-17/h5-12,14,21H,2-4,13H2,1H3;2-3,6,8-13,15,21H,4-5,7,14H2,1H3;5-13,15,22H,2-4,14H2,1H3;2-6,8-11,14,16,22,24,29H,7,12-13,15H2,1H3/t2*21-,25+;22-,25+;22-,24+,25+/m1111/s1. The first-order valence-electron chi connectivity index (χ1n) is 41.3. The molecule has 4 heterocycles. The summed E-state index contributed by atoms with van der Waals surface area (Å²) in [4.78, 5) is 40.0. The lowest BCUT2D eigenvalue weighted by molar-refractivity contribution is 0.0566. The first-order chi connectivity index (χ1) is 57.8. The van der Waals surface area contributed by atoms with Gasteiger partial charge in [0.1, 0.15) is 46.5 Å². The molecule has 8 aromatic carbocycles. The molecule has 4 saturated carbocycles. The van der Waals surface area contributed by atoms with Gasteiger partial charge in [-0.1, -0.05) is 92.5 Å². The zero-order valence-corrected chi connectivity index (χ0v) is 67.1. The summed E-state index contributed by atoms with van der Waals surface area (Å²) in [6.45, 7) is 8.64. The van der Waals surface area contributed by atoms with E-state index in [2.05, 4.69) is 84.5 Å². The molecule has 0 aliphatic heterocycles. The molecule has 0 spiro atoms. The van der Waals surface area contributed by atoms with Gasteiger partial charge >= 0.3 is 0 Å². The van der Waals surface area contributed by atoms with Crippen LogP contribution in [0.1, 0.15) is 180 Å². The van der Waals surface area contributed by atoms with Gasteiger partial charge < -0.3 is 5.11 Å². The van der Waals surface area contributed by atoms with Gasteiger partial charge in [0, 0.05) is 45.6 Å². The summed E-state index contributed by atoms with van der Waals surface area (Å²) in [5.74, 6) is -4.30. The summed E-state index contributed by atoms with van der Waals surface area (Å²) in [5.41, 5.74) is 17.3. The molecule has 0 saturated heterocycles. The van der Waals surface area contributed by atoms with E-state index in [-0.39, 0.29) is 97.7 Å². The van der Waals surface area contributed by atoms with Crippen molar-refractivity contribution < 1.29 is 54.6 Å². The number of aliphatic hydroxyl groups is 1. The second-order valence-corrected chi connectivity index (χ2v) is 34.3. The Morgan fingerprint density at radius 2 is 0.692 bits per heavy atom.